The zero-order valence-electron chi connectivity index (χ0n) is 17.1. The molecule has 164 valence electrons. The number of halogens is 1. The van der Waals surface area contributed by atoms with E-state index in [1.54, 1.807) is 18.2 Å². The van der Waals surface area contributed by atoms with Crippen LogP contribution in [0.5, 0.6) is 11.5 Å². The first kappa shape index (κ1) is 21.3. The van der Waals surface area contributed by atoms with Crippen molar-refractivity contribution in [2.24, 2.45) is 0 Å². The van der Waals surface area contributed by atoms with Gasteiger partial charge in [0.15, 0.2) is 11.5 Å². The van der Waals surface area contributed by atoms with E-state index >= 15 is 0 Å². The number of benzene rings is 2. The Labute approximate surface area is 179 Å². The molecule has 0 spiro atoms. The summed E-state index contributed by atoms with van der Waals surface area (Å²) in [5.41, 5.74) is 0.603. The zero-order chi connectivity index (χ0) is 22.0. The van der Waals surface area contributed by atoms with Crippen molar-refractivity contribution in [2.75, 3.05) is 27.3 Å². The van der Waals surface area contributed by atoms with E-state index in [1.807, 2.05) is 0 Å². The van der Waals surface area contributed by atoms with Crippen LogP contribution in [0.2, 0.25) is 0 Å². The summed E-state index contributed by atoms with van der Waals surface area (Å²) in [4.78, 5) is 0.128. The molecular weight excluding hydrogens is 425 g/mol. The second-order valence-electron chi connectivity index (χ2n) is 7.17. The minimum atomic E-state index is -3.74. The number of hydrogen-bond donors (Lipinski definition) is 0. The van der Waals surface area contributed by atoms with Crippen LogP contribution in [0.3, 0.4) is 0 Å². The normalized spacial score (nSPS) is 17.5. The maximum absolute atomic E-state index is 13.2. The lowest BCUT2D eigenvalue weighted by molar-refractivity contribution is 0.286. The molecule has 1 saturated heterocycles. The molecule has 31 heavy (non-hydrogen) atoms. The Morgan fingerprint density at radius 2 is 1.81 bits per heavy atom. The van der Waals surface area contributed by atoms with Gasteiger partial charge in [0.05, 0.1) is 25.0 Å². The van der Waals surface area contributed by atoms with Crippen molar-refractivity contribution in [3.63, 3.8) is 0 Å². The average molecular weight is 447 g/mol. The summed E-state index contributed by atoms with van der Waals surface area (Å²) in [5, 5.41) is 8.15. The highest BCUT2D eigenvalue weighted by Gasteiger charge is 2.33. The molecule has 1 aromatic heterocycles. The van der Waals surface area contributed by atoms with Gasteiger partial charge in [-0.1, -0.05) is 0 Å². The van der Waals surface area contributed by atoms with Crippen LogP contribution >= 0.6 is 0 Å². The number of nitrogens with zero attached hydrogens (tertiary/aromatic N) is 3. The fourth-order valence-corrected chi connectivity index (χ4v) is 5.14. The lowest BCUT2D eigenvalue weighted by Crippen LogP contribution is -2.39. The van der Waals surface area contributed by atoms with Crippen LogP contribution in [0, 0.1) is 5.82 Å². The van der Waals surface area contributed by atoms with Crippen molar-refractivity contribution < 1.29 is 26.7 Å². The molecule has 2 heterocycles. The third-order valence-electron chi connectivity index (χ3n) is 5.26. The molecule has 0 aliphatic carbocycles. The monoisotopic (exact) mass is 447 g/mol. The Morgan fingerprint density at radius 3 is 2.52 bits per heavy atom. The Bertz CT molecular complexity index is 1160. The van der Waals surface area contributed by atoms with Gasteiger partial charge in [-0.25, -0.2) is 12.8 Å². The van der Waals surface area contributed by atoms with E-state index in [0.29, 0.717) is 35.9 Å². The molecule has 1 aliphatic rings. The van der Waals surface area contributed by atoms with Crippen molar-refractivity contribution in [1.29, 1.82) is 0 Å². The molecule has 3 aromatic rings. The second kappa shape index (κ2) is 8.64. The van der Waals surface area contributed by atoms with Crippen LogP contribution in [0.15, 0.2) is 51.8 Å². The summed E-state index contributed by atoms with van der Waals surface area (Å²) < 4.78 is 57.2. The predicted molar refractivity (Wildman–Crippen MR) is 110 cm³/mol. The molecule has 10 heteroatoms. The van der Waals surface area contributed by atoms with Gasteiger partial charge < -0.3 is 13.9 Å². The van der Waals surface area contributed by atoms with Crippen LogP contribution in [-0.2, 0) is 10.0 Å². The summed E-state index contributed by atoms with van der Waals surface area (Å²) in [6.07, 6.45) is 1.38. The van der Waals surface area contributed by atoms with Gasteiger partial charge in [0, 0.05) is 24.7 Å². The lowest BCUT2D eigenvalue weighted by Gasteiger charge is -2.30. The molecule has 1 atom stereocenters. The van der Waals surface area contributed by atoms with Crippen molar-refractivity contribution in [1.82, 2.24) is 14.5 Å². The maximum atomic E-state index is 13.2. The van der Waals surface area contributed by atoms with Crippen LogP contribution in [-0.4, -0.2) is 50.2 Å². The summed E-state index contributed by atoms with van der Waals surface area (Å²) in [6, 6.07) is 10.3. The second-order valence-corrected chi connectivity index (χ2v) is 9.11. The molecule has 0 bridgehead atoms. The van der Waals surface area contributed by atoms with Crippen LogP contribution < -0.4 is 9.47 Å². The van der Waals surface area contributed by atoms with E-state index in [2.05, 4.69) is 10.2 Å². The summed E-state index contributed by atoms with van der Waals surface area (Å²) in [7, 11) is -0.795. The van der Waals surface area contributed by atoms with Gasteiger partial charge in [-0.3, -0.25) is 0 Å². The molecule has 0 amide bonds. The van der Waals surface area contributed by atoms with E-state index in [-0.39, 0.29) is 29.1 Å². The van der Waals surface area contributed by atoms with Crippen molar-refractivity contribution in [2.45, 2.75) is 23.7 Å². The maximum Gasteiger partial charge on any atom is 0.247 e. The molecule has 0 unspecified atom stereocenters. The Hall–Kier alpha value is -2.98. The quantitative estimate of drug-likeness (QED) is 0.571. The van der Waals surface area contributed by atoms with Gasteiger partial charge in [0.1, 0.15) is 5.82 Å². The highest BCUT2D eigenvalue weighted by Crippen LogP contribution is 2.34. The topological polar surface area (TPSA) is 94.8 Å². The Kier molecular flexibility index (Phi) is 5.92. The van der Waals surface area contributed by atoms with Gasteiger partial charge in [-0.15, -0.1) is 10.2 Å². The third kappa shape index (κ3) is 4.26. The zero-order valence-corrected chi connectivity index (χ0v) is 17.9. The number of piperidine rings is 1. The predicted octanol–water partition coefficient (Wildman–Crippen LogP) is 3.46. The van der Waals surface area contributed by atoms with E-state index in [9.17, 15) is 12.8 Å². The van der Waals surface area contributed by atoms with Gasteiger partial charge >= 0.3 is 0 Å². The van der Waals surface area contributed by atoms with E-state index < -0.39 is 10.0 Å². The van der Waals surface area contributed by atoms with Crippen molar-refractivity contribution in [3.05, 3.63) is 54.2 Å². The minimum Gasteiger partial charge on any atom is -0.493 e. The summed E-state index contributed by atoms with van der Waals surface area (Å²) in [5.74, 6) is 0.855. The molecular formula is C21H22FN3O5S. The first-order valence-corrected chi connectivity index (χ1v) is 11.2. The van der Waals surface area contributed by atoms with Gasteiger partial charge in [0.25, 0.3) is 0 Å². The van der Waals surface area contributed by atoms with Gasteiger partial charge in [0.2, 0.25) is 21.8 Å². The number of rotatable bonds is 6. The first-order valence-electron chi connectivity index (χ1n) is 9.74. The number of sulfonamides is 1. The highest BCUT2D eigenvalue weighted by molar-refractivity contribution is 7.89. The SMILES string of the molecule is COc1ccc(S(=O)(=O)N2CCC[C@@H](c3nnc(-c4ccc(F)cc4)o3)C2)cc1OC. The fraction of sp³-hybridized carbons (Fsp3) is 0.333. The van der Waals surface area contributed by atoms with Crippen LogP contribution in [0.1, 0.15) is 24.7 Å². The van der Waals surface area contributed by atoms with E-state index in [0.717, 1.165) is 6.42 Å². The smallest absolute Gasteiger partial charge is 0.247 e. The average Bonchev–Trinajstić information content (AvgIpc) is 3.29. The van der Waals surface area contributed by atoms with Gasteiger partial charge in [-0.2, -0.15) is 4.31 Å². The van der Waals surface area contributed by atoms with Gasteiger partial charge in [-0.05, 0) is 49.2 Å². The number of aromatic nitrogens is 2. The number of hydrogen-bond acceptors (Lipinski definition) is 7. The number of methoxy groups -OCH3 is 2. The molecule has 0 saturated carbocycles. The molecule has 1 aliphatic heterocycles. The van der Waals surface area contributed by atoms with E-state index in [1.165, 1.54) is 42.8 Å². The van der Waals surface area contributed by atoms with E-state index in [4.69, 9.17) is 13.9 Å². The molecule has 0 N–H and O–H groups in total. The summed E-state index contributed by atoms with van der Waals surface area (Å²) in [6.45, 7) is 0.619. The van der Waals surface area contributed by atoms with Crippen LogP contribution in [0.25, 0.3) is 11.5 Å². The lowest BCUT2D eigenvalue weighted by atomic mass is 10.00. The summed E-state index contributed by atoms with van der Waals surface area (Å²) >= 11 is 0. The molecule has 0 radical (unpaired) electrons. The largest absolute Gasteiger partial charge is 0.493 e. The molecule has 1 fully saturated rings. The third-order valence-corrected chi connectivity index (χ3v) is 7.12. The standard InChI is InChI=1S/C21H22FN3O5S/c1-28-18-10-9-17(12-19(18)29-2)31(26,27)25-11-3-4-15(13-25)21-24-23-20(30-21)14-5-7-16(22)8-6-14/h5-10,12,15H,3-4,11,13H2,1-2H3/t15-/m1/s1. The Balaban J connectivity index is 1.55. The first-order chi connectivity index (χ1) is 14.9. The van der Waals surface area contributed by atoms with Crippen LogP contribution in [0.4, 0.5) is 4.39 Å². The molecule has 2 aromatic carbocycles. The minimum absolute atomic E-state index is 0.128. The Morgan fingerprint density at radius 1 is 1.06 bits per heavy atom. The highest BCUT2D eigenvalue weighted by atomic mass is 32.2. The molecule has 8 nitrogen and oxygen atoms in total. The molecule has 4 rings (SSSR count). The fourth-order valence-electron chi connectivity index (χ4n) is 3.60. The van der Waals surface area contributed by atoms with Crippen molar-refractivity contribution in [3.8, 4) is 23.0 Å². The van der Waals surface area contributed by atoms with Crippen molar-refractivity contribution >= 4 is 10.0 Å². The number of ether oxygens (including phenoxy) is 2.